The van der Waals surface area contributed by atoms with Crippen LogP contribution >= 0.6 is 0 Å². The van der Waals surface area contributed by atoms with Gasteiger partial charge in [-0.1, -0.05) is 35.5 Å². The van der Waals surface area contributed by atoms with Crippen molar-refractivity contribution in [3.8, 4) is 0 Å². The molecule has 3 rings (SSSR count). The summed E-state index contributed by atoms with van der Waals surface area (Å²) in [5, 5.41) is 6.94. The van der Waals surface area contributed by atoms with Gasteiger partial charge in [-0.3, -0.25) is 4.79 Å². The van der Waals surface area contributed by atoms with E-state index in [1.807, 2.05) is 30.3 Å². The molecule has 0 bridgehead atoms. The van der Waals surface area contributed by atoms with Crippen LogP contribution in [0.4, 0.5) is 0 Å². The minimum Gasteiger partial charge on any atom is -0.349 e. The molecule has 1 fully saturated rings. The van der Waals surface area contributed by atoms with Crippen molar-refractivity contribution < 1.29 is 9.32 Å². The maximum absolute atomic E-state index is 11.4. The zero-order chi connectivity index (χ0) is 13.9. The Morgan fingerprint density at radius 1 is 1.40 bits per heavy atom. The number of nitrogens with zero attached hydrogens (tertiary/aromatic N) is 2. The fourth-order valence-electron chi connectivity index (χ4n) is 2.22. The molecule has 1 saturated carbocycles. The normalized spacial score (nSPS) is 15.8. The molecule has 1 aliphatic rings. The van der Waals surface area contributed by atoms with E-state index in [9.17, 15) is 4.79 Å². The zero-order valence-electron chi connectivity index (χ0n) is 11.4. The lowest BCUT2D eigenvalue weighted by Gasteiger charge is -2.16. The summed E-state index contributed by atoms with van der Waals surface area (Å²) in [5.41, 5.74) is 1.04. The Kier molecular flexibility index (Phi) is 3.50. The second-order valence-corrected chi connectivity index (χ2v) is 5.19. The number of nitrogens with one attached hydrogen (secondary N) is 1. The minimum atomic E-state index is -0.138. The van der Waals surface area contributed by atoms with Crippen LogP contribution in [0.1, 0.15) is 49.0 Å². The molecule has 1 amide bonds. The van der Waals surface area contributed by atoms with Gasteiger partial charge < -0.3 is 9.84 Å². The molecule has 1 atom stereocenters. The number of rotatable bonds is 5. The monoisotopic (exact) mass is 271 g/mol. The van der Waals surface area contributed by atoms with E-state index >= 15 is 0 Å². The fourth-order valence-corrected chi connectivity index (χ4v) is 2.22. The van der Waals surface area contributed by atoms with Gasteiger partial charge in [-0.05, 0) is 18.4 Å². The molecule has 0 spiro atoms. The van der Waals surface area contributed by atoms with Crippen LogP contribution in [0.15, 0.2) is 34.9 Å². The summed E-state index contributed by atoms with van der Waals surface area (Å²) >= 11 is 0. The van der Waals surface area contributed by atoms with Crippen LogP contribution < -0.4 is 5.32 Å². The summed E-state index contributed by atoms with van der Waals surface area (Å²) in [4.78, 5) is 15.8. The van der Waals surface area contributed by atoms with Gasteiger partial charge in [-0.2, -0.15) is 4.98 Å². The Morgan fingerprint density at radius 3 is 2.80 bits per heavy atom. The van der Waals surface area contributed by atoms with E-state index in [1.54, 1.807) is 0 Å². The summed E-state index contributed by atoms with van der Waals surface area (Å²) in [6, 6.07) is 9.69. The quantitative estimate of drug-likeness (QED) is 0.906. The van der Waals surface area contributed by atoms with Crippen molar-refractivity contribution in [3.63, 3.8) is 0 Å². The number of aromatic nitrogens is 2. The van der Waals surface area contributed by atoms with Gasteiger partial charge in [-0.15, -0.1) is 0 Å². The summed E-state index contributed by atoms with van der Waals surface area (Å²) in [7, 11) is 0. The summed E-state index contributed by atoms with van der Waals surface area (Å²) in [5.74, 6) is 1.79. The van der Waals surface area contributed by atoms with Gasteiger partial charge >= 0.3 is 0 Å². The molecule has 0 aliphatic heterocycles. The van der Waals surface area contributed by atoms with Gasteiger partial charge in [0, 0.05) is 12.8 Å². The Hall–Kier alpha value is -2.17. The fraction of sp³-hybridized carbons (Fsp3) is 0.400. The van der Waals surface area contributed by atoms with E-state index in [1.165, 1.54) is 6.92 Å². The van der Waals surface area contributed by atoms with E-state index in [2.05, 4.69) is 15.5 Å². The average Bonchev–Trinajstić information content (AvgIpc) is 3.19. The van der Waals surface area contributed by atoms with Crippen molar-refractivity contribution in [2.45, 2.75) is 38.1 Å². The number of carbonyl (C=O) groups excluding carboxylic acids is 1. The molecular weight excluding hydrogens is 254 g/mol. The Balaban J connectivity index is 1.76. The van der Waals surface area contributed by atoms with Crippen molar-refractivity contribution in [1.29, 1.82) is 0 Å². The van der Waals surface area contributed by atoms with Crippen LogP contribution in [0.3, 0.4) is 0 Å². The summed E-state index contributed by atoms with van der Waals surface area (Å²) in [6.07, 6.45) is 2.81. The maximum Gasteiger partial charge on any atom is 0.229 e. The first kappa shape index (κ1) is 12.8. The molecule has 0 unspecified atom stereocenters. The molecule has 5 heteroatoms. The number of hydrogen-bond donors (Lipinski definition) is 1. The van der Waals surface area contributed by atoms with Crippen molar-refractivity contribution in [2.75, 3.05) is 0 Å². The van der Waals surface area contributed by atoms with Crippen LogP contribution in [-0.2, 0) is 11.2 Å². The molecule has 2 aromatic rings. The van der Waals surface area contributed by atoms with Gasteiger partial charge in [0.2, 0.25) is 11.8 Å². The first-order valence-corrected chi connectivity index (χ1v) is 6.87. The van der Waals surface area contributed by atoms with E-state index in [-0.39, 0.29) is 11.9 Å². The van der Waals surface area contributed by atoms with Gasteiger partial charge in [-0.25, -0.2) is 0 Å². The highest BCUT2D eigenvalue weighted by Crippen LogP contribution is 2.38. The second kappa shape index (κ2) is 5.45. The Bertz CT molecular complexity index is 590. The highest BCUT2D eigenvalue weighted by molar-refractivity contribution is 5.73. The van der Waals surface area contributed by atoms with E-state index in [0.29, 0.717) is 18.2 Å². The third-order valence-electron chi connectivity index (χ3n) is 3.38. The van der Waals surface area contributed by atoms with Crippen LogP contribution in [0.25, 0.3) is 0 Å². The highest BCUT2D eigenvalue weighted by atomic mass is 16.5. The van der Waals surface area contributed by atoms with Crippen molar-refractivity contribution >= 4 is 5.91 Å². The van der Waals surface area contributed by atoms with Crippen LogP contribution in [0, 0.1) is 0 Å². The standard InChI is InChI=1S/C15H17N3O2/c1-10(19)16-13(11-5-3-2-4-6-11)9-14-17-15(18-20-14)12-7-8-12/h2-6,12-13H,7-9H2,1H3,(H,16,19)/t13-/m0/s1. The molecule has 1 aromatic carbocycles. The maximum atomic E-state index is 11.4. The van der Waals surface area contributed by atoms with Crippen LogP contribution in [0.2, 0.25) is 0 Å². The summed E-state index contributed by atoms with van der Waals surface area (Å²) in [6.45, 7) is 1.51. The molecule has 1 heterocycles. The number of amides is 1. The summed E-state index contributed by atoms with van der Waals surface area (Å²) < 4.78 is 5.29. The molecule has 0 radical (unpaired) electrons. The average molecular weight is 271 g/mol. The Labute approximate surface area is 117 Å². The van der Waals surface area contributed by atoms with Gasteiger partial charge in [0.05, 0.1) is 12.5 Å². The van der Waals surface area contributed by atoms with E-state index in [0.717, 1.165) is 24.2 Å². The number of carbonyl (C=O) groups is 1. The first-order chi connectivity index (χ1) is 9.72. The van der Waals surface area contributed by atoms with Gasteiger partial charge in [0.1, 0.15) is 0 Å². The van der Waals surface area contributed by atoms with Gasteiger partial charge in [0.25, 0.3) is 0 Å². The van der Waals surface area contributed by atoms with E-state index in [4.69, 9.17) is 4.52 Å². The zero-order valence-corrected chi connectivity index (χ0v) is 11.4. The SMILES string of the molecule is CC(=O)N[C@@H](Cc1nc(C2CC2)no1)c1ccccc1. The molecule has 104 valence electrons. The number of benzene rings is 1. The molecule has 1 aromatic heterocycles. The largest absolute Gasteiger partial charge is 0.349 e. The number of hydrogen-bond acceptors (Lipinski definition) is 4. The van der Waals surface area contributed by atoms with Crippen molar-refractivity contribution in [2.24, 2.45) is 0 Å². The van der Waals surface area contributed by atoms with Crippen molar-refractivity contribution in [3.05, 3.63) is 47.6 Å². The molecular formula is C15H17N3O2. The molecule has 1 aliphatic carbocycles. The lowest BCUT2D eigenvalue weighted by molar-refractivity contribution is -0.119. The second-order valence-electron chi connectivity index (χ2n) is 5.19. The van der Waals surface area contributed by atoms with Crippen molar-refractivity contribution in [1.82, 2.24) is 15.5 Å². The minimum absolute atomic E-state index is 0.0687. The molecule has 0 saturated heterocycles. The smallest absolute Gasteiger partial charge is 0.229 e. The molecule has 1 N–H and O–H groups in total. The lowest BCUT2D eigenvalue weighted by Crippen LogP contribution is -2.27. The third kappa shape index (κ3) is 3.04. The topological polar surface area (TPSA) is 68.0 Å². The Morgan fingerprint density at radius 2 is 2.15 bits per heavy atom. The van der Waals surface area contributed by atoms with E-state index < -0.39 is 0 Å². The third-order valence-corrected chi connectivity index (χ3v) is 3.38. The predicted octanol–water partition coefficient (Wildman–Crippen LogP) is 2.37. The molecule has 5 nitrogen and oxygen atoms in total. The lowest BCUT2D eigenvalue weighted by atomic mass is 10.0. The first-order valence-electron chi connectivity index (χ1n) is 6.87. The molecule has 20 heavy (non-hydrogen) atoms. The predicted molar refractivity (Wildman–Crippen MR) is 73.0 cm³/mol. The highest BCUT2D eigenvalue weighted by Gasteiger charge is 2.29. The van der Waals surface area contributed by atoms with Gasteiger partial charge in [0.15, 0.2) is 5.82 Å². The van der Waals surface area contributed by atoms with Crippen LogP contribution in [-0.4, -0.2) is 16.0 Å². The van der Waals surface area contributed by atoms with Crippen LogP contribution in [0.5, 0.6) is 0 Å².